The Morgan fingerprint density at radius 1 is 0.854 bits per heavy atom. The first-order valence-electron chi connectivity index (χ1n) is 13.6. The number of anilines is 2. The lowest BCUT2D eigenvalue weighted by molar-refractivity contribution is -0.120. The van der Waals surface area contributed by atoms with Crippen molar-refractivity contribution >= 4 is 34.8 Å². The Bertz CT molecular complexity index is 1630. The summed E-state index contributed by atoms with van der Waals surface area (Å²) < 4.78 is 0. The van der Waals surface area contributed by atoms with Crippen LogP contribution in [0.1, 0.15) is 52.4 Å². The van der Waals surface area contributed by atoms with E-state index in [0.717, 1.165) is 16.7 Å². The van der Waals surface area contributed by atoms with E-state index < -0.39 is 18.1 Å². The van der Waals surface area contributed by atoms with Crippen LogP contribution in [0, 0.1) is 6.92 Å². The van der Waals surface area contributed by atoms with E-state index in [0.29, 0.717) is 28.2 Å². The number of carbonyl (C=O) groups is 3. The molecule has 0 unspecified atom stereocenters. The standard InChI is InChI=1S/C34H32N4O3/c1-22(2)25-16-9-11-19-28(25)35-34(41)37-32-33(40)38(21-30(39)26-17-8-7-13-23(26)3)29-20-12-10-18-27(29)31(36-32)24-14-5-4-6-15-24/h4-20,22,32H,21H2,1-3H3,(H2,35,37,41)/t32-/m1/s1. The number of rotatable bonds is 7. The van der Waals surface area contributed by atoms with Gasteiger partial charge in [0.2, 0.25) is 6.17 Å². The summed E-state index contributed by atoms with van der Waals surface area (Å²) in [6.45, 7) is 5.76. The minimum atomic E-state index is -1.27. The van der Waals surface area contributed by atoms with E-state index in [9.17, 15) is 14.4 Å². The topological polar surface area (TPSA) is 90.9 Å². The number of urea groups is 1. The molecule has 2 N–H and O–H groups in total. The molecule has 0 fully saturated rings. The quantitative estimate of drug-likeness (QED) is 0.266. The first-order chi connectivity index (χ1) is 19.8. The molecular weight excluding hydrogens is 512 g/mol. The SMILES string of the molecule is Cc1ccccc1C(=O)CN1C(=O)[C@@H](NC(=O)Nc2ccccc2C(C)C)N=C(c2ccccc2)c2ccccc21. The molecule has 0 saturated carbocycles. The summed E-state index contributed by atoms with van der Waals surface area (Å²) in [5, 5.41) is 5.66. The number of nitrogens with zero attached hydrogens (tertiary/aromatic N) is 2. The normalized spacial score (nSPS) is 14.6. The Morgan fingerprint density at radius 2 is 1.51 bits per heavy atom. The minimum absolute atomic E-state index is 0.186. The molecule has 5 rings (SSSR count). The Morgan fingerprint density at radius 3 is 2.27 bits per heavy atom. The van der Waals surface area contributed by atoms with Crippen molar-refractivity contribution in [2.45, 2.75) is 32.9 Å². The first kappa shape index (κ1) is 27.5. The molecule has 0 bridgehead atoms. The van der Waals surface area contributed by atoms with Gasteiger partial charge in [0, 0.05) is 22.4 Å². The average Bonchev–Trinajstić information content (AvgIpc) is 3.08. The highest BCUT2D eigenvalue weighted by molar-refractivity contribution is 6.21. The van der Waals surface area contributed by atoms with Gasteiger partial charge in [0.05, 0.1) is 17.9 Å². The van der Waals surface area contributed by atoms with Gasteiger partial charge in [-0.05, 0) is 36.1 Å². The van der Waals surface area contributed by atoms with Crippen LogP contribution in [-0.2, 0) is 4.79 Å². The van der Waals surface area contributed by atoms with Gasteiger partial charge in [0.25, 0.3) is 5.91 Å². The van der Waals surface area contributed by atoms with Crippen LogP contribution in [0.3, 0.4) is 0 Å². The van der Waals surface area contributed by atoms with E-state index >= 15 is 0 Å². The average molecular weight is 545 g/mol. The number of benzodiazepines with no additional fused rings is 1. The van der Waals surface area contributed by atoms with E-state index in [1.807, 2.05) is 106 Å². The highest BCUT2D eigenvalue weighted by atomic mass is 16.2. The Labute approximate surface area is 239 Å². The number of carbonyl (C=O) groups excluding carboxylic acids is 3. The number of hydrogen-bond acceptors (Lipinski definition) is 4. The minimum Gasteiger partial charge on any atom is -0.308 e. The van der Waals surface area contributed by atoms with Gasteiger partial charge in [0.1, 0.15) is 0 Å². The lowest BCUT2D eigenvalue weighted by Crippen LogP contribution is -2.50. The van der Waals surface area contributed by atoms with Crippen molar-refractivity contribution in [3.8, 4) is 0 Å². The highest BCUT2D eigenvalue weighted by Gasteiger charge is 2.34. The molecule has 0 radical (unpaired) electrons. The third-order valence-corrected chi connectivity index (χ3v) is 7.10. The first-order valence-corrected chi connectivity index (χ1v) is 13.6. The lowest BCUT2D eigenvalue weighted by atomic mass is 9.99. The van der Waals surface area contributed by atoms with Gasteiger partial charge >= 0.3 is 6.03 Å². The van der Waals surface area contributed by atoms with E-state index in [4.69, 9.17) is 4.99 Å². The van der Waals surface area contributed by atoms with Gasteiger partial charge in [-0.1, -0.05) is 105 Å². The van der Waals surface area contributed by atoms with Crippen LogP contribution in [0.5, 0.6) is 0 Å². The third kappa shape index (κ3) is 5.94. The molecule has 1 atom stereocenters. The largest absolute Gasteiger partial charge is 0.321 e. The molecule has 7 nitrogen and oxygen atoms in total. The zero-order valence-electron chi connectivity index (χ0n) is 23.3. The maximum absolute atomic E-state index is 14.1. The van der Waals surface area contributed by atoms with E-state index in [-0.39, 0.29) is 18.2 Å². The number of benzene rings is 4. The van der Waals surface area contributed by atoms with Gasteiger partial charge in [-0.2, -0.15) is 0 Å². The summed E-state index contributed by atoms with van der Waals surface area (Å²) in [6.07, 6.45) is -1.27. The van der Waals surface area contributed by atoms with E-state index in [1.54, 1.807) is 18.2 Å². The second-order valence-electron chi connectivity index (χ2n) is 10.3. The molecule has 3 amide bonds. The molecule has 1 heterocycles. The summed E-state index contributed by atoms with van der Waals surface area (Å²) in [7, 11) is 0. The molecule has 1 aliphatic rings. The second kappa shape index (κ2) is 12.0. The van der Waals surface area contributed by atoms with Crippen LogP contribution in [0.15, 0.2) is 108 Å². The number of nitrogens with one attached hydrogen (secondary N) is 2. The van der Waals surface area contributed by atoms with Crippen LogP contribution < -0.4 is 15.5 Å². The van der Waals surface area contributed by atoms with Crippen molar-refractivity contribution in [3.05, 3.63) is 131 Å². The van der Waals surface area contributed by atoms with E-state index in [2.05, 4.69) is 10.6 Å². The number of hydrogen-bond donors (Lipinski definition) is 2. The fraction of sp³-hybridized carbons (Fsp3) is 0.176. The molecule has 41 heavy (non-hydrogen) atoms. The van der Waals surface area contributed by atoms with Crippen molar-refractivity contribution in [3.63, 3.8) is 0 Å². The Balaban J connectivity index is 1.54. The summed E-state index contributed by atoms with van der Waals surface area (Å²) in [5.74, 6) is -0.521. The molecule has 0 saturated heterocycles. The number of aliphatic imine (C=N–C) groups is 1. The summed E-state index contributed by atoms with van der Waals surface area (Å²) >= 11 is 0. The maximum Gasteiger partial charge on any atom is 0.321 e. The molecule has 4 aromatic carbocycles. The zero-order chi connectivity index (χ0) is 28.9. The molecule has 0 aliphatic carbocycles. The number of Topliss-reactive ketones (excluding diaryl/α,β-unsaturated/α-hetero) is 1. The van der Waals surface area contributed by atoms with Gasteiger partial charge in [-0.25, -0.2) is 9.79 Å². The second-order valence-corrected chi connectivity index (χ2v) is 10.3. The van der Waals surface area contributed by atoms with Crippen molar-refractivity contribution in [1.82, 2.24) is 5.32 Å². The van der Waals surface area contributed by atoms with E-state index in [1.165, 1.54) is 4.90 Å². The number of amides is 3. The maximum atomic E-state index is 14.1. The molecule has 4 aromatic rings. The lowest BCUT2D eigenvalue weighted by Gasteiger charge is -2.25. The number of ketones is 1. The summed E-state index contributed by atoms with van der Waals surface area (Å²) in [5.41, 5.74) is 5.58. The predicted octanol–water partition coefficient (Wildman–Crippen LogP) is 6.33. The van der Waals surface area contributed by atoms with Gasteiger partial charge in [0.15, 0.2) is 5.78 Å². The van der Waals surface area contributed by atoms with Crippen molar-refractivity contribution in [2.75, 3.05) is 16.8 Å². The smallest absolute Gasteiger partial charge is 0.308 e. The molecular formula is C34H32N4O3. The highest BCUT2D eigenvalue weighted by Crippen LogP contribution is 2.29. The number of fused-ring (bicyclic) bond motifs is 1. The van der Waals surface area contributed by atoms with Crippen LogP contribution in [0.2, 0.25) is 0 Å². The summed E-state index contributed by atoms with van der Waals surface area (Å²) in [6, 6.07) is 31.2. The molecule has 0 spiro atoms. The number of para-hydroxylation sites is 2. The van der Waals surface area contributed by atoms with Crippen molar-refractivity contribution in [1.29, 1.82) is 0 Å². The monoisotopic (exact) mass is 544 g/mol. The Hall–Kier alpha value is -5.04. The fourth-order valence-electron chi connectivity index (χ4n) is 5.02. The fourth-order valence-corrected chi connectivity index (χ4v) is 5.02. The number of aryl methyl sites for hydroxylation is 1. The summed E-state index contributed by atoms with van der Waals surface area (Å²) in [4.78, 5) is 47.1. The molecule has 0 aromatic heterocycles. The van der Waals surface area contributed by atoms with Gasteiger partial charge in [-0.15, -0.1) is 0 Å². The Kier molecular flexibility index (Phi) is 8.06. The van der Waals surface area contributed by atoms with Crippen LogP contribution in [0.25, 0.3) is 0 Å². The molecule has 1 aliphatic heterocycles. The van der Waals surface area contributed by atoms with Crippen LogP contribution >= 0.6 is 0 Å². The predicted molar refractivity (Wildman–Crippen MR) is 163 cm³/mol. The van der Waals surface area contributed by atoms with Crippen molar-refractivity contribution < 1.29 is 14.4 Å². The van der Waals surface area contributed by atoms with Crippen LogP contribution in [-0.4, -0.2) is 36.1 Å². The van der Waals surface area contributed by atoms with Crippen molar-refractivity contribution in [2.24, 2.45) is 4.99 Å². The van der Waals surface area contributed by atoms with Crippen LogP contribution in [0.4, 0.5) is 16.2 Å². The third-order valence-electron chi connectivity index (χ3n) is 7.10. The van der Waals surface area contributed by atoms with Gasteiger partial charge in [-0.3, -0.25) is 9.59 Å². The molecule has 7 heteroatoms. The molecule has 206 valence electrons. The zero-order valence-corrected chi connectivity index (χ0v) is 23.3. The van der Waals surface area contributed by atoms with Gasteiger partial charge < -0.3 is 15.5 Å².